The van der Waals surface area contributed by atoms with Crippen LogP contribution in [0.4, 0.5) is 0 Å². The fourth-order valence-electron chi connectivity index (χ4n) is 1.37. The van der Waals surface area contributed by atoms with E-state index in [-0.39, 0.29) is 6.04 Å². The minimum Gasteiger partial charge on any atom is -0.323 e. The summed E-state index contributed by atoms with van der Waals surface area (Å²) in [6, 6.07) is 5.62. The second-order valence-corrected chi connectivity index (χ2v) is 3.47. The number of hydrogen-bond donors (Lipinski definition) is 2. The van der Waals surface area contributed by atoms with Gasteiger partial charge in [-0.3, -0.25) is 5.10 Å². The molecule has 0 saturated carbocycles. The SMILES string of the molecule is CC(N)c1[nH]nc2c(Cl)cccc12. The van der Waals surface area contributed by atoms with Crippen LogP contribution >= 0.6 is 11.6 Å². The normalized spacial score (nSPS) is 13.5. The average molecular weight is 196 g/mol. The molecule has 68 valence electrons. The standard InChI is InChI=1S/C9H10ClN3/c1-5(11)8-6-3-2-4-7(10)9(6)13-12-8/h2-5H,11H2,1H3,(H,12,13). The zero-order valence-electron chi connectivity index (χ0n) is 7.21. The van der Waals surface area contributed by atoms with Gasteiger partial charge in [-0.05, 0) is 13.0 Å². The molecule has 4 heteroatoms. The van der Waals surface area contributed by atoms with Crippen LogP contribution in [0.1, 0.15) is 18.7 Å². The number of hydrogen-bond acceptors (Lipinski definition) is 2. The van der Waals surface area contributed by atoms with Gasteiger partial charge in [-0.2, -0.15) is 5.10 Å². The highest BCUT2D eigenvalue weighted by atomic mass is 35.5. The molecule has 0 radical (unpaired) electrons. The van der Waals surface area contributed by atoms with Gasteiger partial charge in [-0.1, -0.05) is 23.7 Å². The van der Waals surface area contributed by atoms with Gasteiger partial charge in [0.15, 0.2) is 0 Å². The van der Waals surface area contributed by atoms with E-state index in [2.05, 4.69) is 10.2 Å². The molecule has 0 aliphatic heterocycles. The first-order valence-corrected chi connectivity index (χ1v) is 4.46. The van der Waals surface area contributed by atoms with Crippen LogP contribution in [-0.2, 0) is 0 Å². The van der Waals surface area contributed by atoms with Crippen molar-refractivity contribution in [2.45, 2.75) is 13.0 Å². The summed E-state index contributed by atoms with van der Waals surface area (Å²) in [5, 5.41) is 8.65. The van der Waals surface area contributed by atoms with Crippen molar-refractivity contribution in [2.24, 2.45) is 5.73 Å². The lowest BCUT2D eigenvalue weighted by atomic mass is 10.1. The van der Waals surface area contributed by atoms with Crippen molar-refractivity contribution in [3.63, 3.8) is 0 Å². The third-order valence-corrected chi connectivity index (χ3v) is 2.33. The van der Waals surface area contributed by atoms with E-state index in [4.69, 9.17) is 17.3 Å². The number of aromatic nitrogens is 2. The van der Waals surface area contributed by atoms with Gasteiger partial charge < -0.3 is 5.73 Å². The topological polar surface area (TPSA) is 54.7 Å². The molecule has 0 fully saturated rings. The number of benzene rings is 1. The highest BCUT2D eigenvalue weighted by molar-refractivity contribution is 6.35. The fourth-order valence-corrected chi connectivity index (χ4v) is 1.59. The lowest BCUT2D eigenvalue weighted by Gasteiger charge is -2.00. The summed E-state index contributed by atoms with van der Waals surface area (Å²) < 4.78 is 0. The van der Waals surface area contributed by atoms with Gasteiger partial charge in [-0.15, -0.1) is 0 Å². The molecule has 3 N–H and O–H groups in total. The number of rotatable bonds is 1. The molecule has 1 atom stereocenters. The van der Waals surface area contributed by atoms with E-state index in [9.17, 15) is 0 Å². The predicted molar refractivity (Wildman–Crippen MR) is 53.7 cm³/mol. The highest BCUT2D eigenvalue weighted by Gasteiger charge is 2.10. The molecule has 0 spiro atoms. The molecule has 0 saturated heterocycles. The summed E-state index contributed by atoms with van der Waals surface area (Å²) in [7, 11) is 0. The molecule has 0 aliphatic carbocycles. The number of aromatic amines is 1. The second-order valence-electron chi connectivity index (χ2n) is 3.06. The third kappa shape index (κ3) is 1.30. The molecular formula is C9H10ClN3. The smallest absolute Gasteiger partial charge is 0.111 e. The monoisotopic (exact) mass is 195 g/mol. The maximum absolute atomic E-state index is 5.95. The first-order chi connectivity index (χ1) is 6.20. The van der Waals surface area contributed by atoms with Crippen LogP contribution in [0.5, 0.6) is 0 Å². The Morgan fingerprint density at radius 2 is 2.31 bits per heavy atom. The van der Waals surface area contributed by atoms with Crippen molar-refractivity contribution in [3.8, 4) is 0 Å². The maximum atomic E-state index is 5.95. The minimum atomic E-state index is -0.0523. The Hall–Kier alpha value is -1.06. The fraction of sp³-hybridized carbons (Fsp3) is 0.222. The summed E-state index contributed by atoms with van der Waals surface area (Å²) in [5.74, 6) is 0. The Morgan fingerprint density at radius 1 is 1.54 bits per heavy atom. The summed E-state index contributed by atoms with van der Waals surface area (Å²) in [4.78, 5) is 0. The van der Waals surface area contributed by atoms with E-state index in [1.165, 1.54) is 0 Å². The number of nitrogens with two attached hydrogens (primary N) is 1. The van der Waals surface area contributed by atoms with Gasteiger partial charge in [0.1, 0.15) is 5.52 Å². The zero-order chi connectivity index (χ0) is 9.42. The van der Waals surface area contributed by atoms with E-state index in [1.54, 1.807) is 0 Å². The minimum absolute atomic E-state index is 0.0523. The van der Waals surface area contributed by atoms with Crippen molar-refractivity contribution in [3.05, 3.63) is 28.9 Å². The van der Waals surface area contributed by atoms with Crippen LogP contribution < -0.4 is 5.73 Å². The molecule has 0 aliphatic rings. The molecule has 2 rings (SSSR count). The Bertz CT molecular complexity index is 433. The summed E-state index contributed by atoms with van der Waals surface area (Å²) in [6.45, 7) is 1.91. The van der Waals surface area contributed by atoms with Crippen molar-refractivity contribution >= 4 is 22.5 Å². The number of fused-ring (bicyclic) bond motifs is 1. The number of nitrogens with zero attached hydrogens (tertiary/aromatic N) is 1. The Labute approximate surface area is 80.9 Å². The zero-order valence-corrected chi connectivity index (χ0v) is 7.97. The van der Waals surface area contributed by atoms with Crippen molar-refractivity contribution in [1.82, 2.24) is 10.2 Å². The molecule has 13 heavy (non-hydrogen) atoms. The quantitative estimate of drug-likeness (QED) is 0.733. The average Bonchev–Trinajstić information content (AvgIpc) is 2.48. The number of halogens is 1. The van der Waals surface area contributed by atoms with Crippen LogP contribution in [0.15, 0.2) is 18.2 Å². The van der Waals surface area contributed by atoms with Crippen molar-refractivity contribution in [2.75, 3.05) is 0 Å². The van der Waals surface area contributed by atoms with Gasteiger partial charge in [0.05, 0.1) is 10.7 Å². The molecule has 1 unspecified atom stereocenters. The van der Waals surface area contributed by atoms with Crippen LogP contribution in [-0.4, -0.2) is 10.2 Å². The largest absolute Gasteiger partial charge is 0.323 e. The summed E-state index contributed by atoms with van der Waals surface area (Å²) >= 11 is 5.95. The van der Waals surface area contributed by atoms with Crippen LogP contribution in [0.2, 0.25) is 5.02 Å². The first kappa shape index (κ1) is 8.53. The predicted octanol–water partition coefficient (Wildman–Crippen LogP) is 2.24. The van der Waals surface area contributed by atoms with E-state index in [0.717, 1.165) is 16.6 Å². The van der Waals surface area contributed by atoms with E-state index in [0.29, 0.717) is 5.02 Å². The Morgan fingerprint density at radius 3 is 3.00 bits per heavy atom. The van der Waals surface area contributed by atoms with Gasteiger partial charge in [0, 0.05) is 11.4 Å². The number of nitrogens with one attached hydrogen (secondary N) is 1. The van der Waals surface area contributed by atoms with Crippen LogP contribution in [0.25, 0.3) is 10.9 Å². The molecule has 1 aromatic carbocycles. The van der Waals surface area contributed by atoms with Crippen LogP contribution in [0.3, 0.4) is 0 Å². The molecule has 2 aromatic rings. The Balaban J connectivity index is 2.75. The lowest BCUT2D eigenvalue weighted by Crippen LogP contribution is -2.05. The van der Waals surface area contributed by atoms with E-state index < -0.39 is 0 Å². The number of para-hydroxylation sites is 1. The summed E-state index contributed by atoms with van der Waals surface area (Å²) in [6.07, 6.45) is 0. The molecule has 0 bridgehead atoms. The first-order valence-electron chi connectivity index (χ1n) is 4.08. The van der Waals surface area contributed by atoms with Crippen molar-refractivity contribution in [1.29, 1.82) is 0 Å². The van der Waals surface area contributed by atoms with Gasteiger partial charge in [-0.25, -0.2) is 0 Å². The molecule has 0 amide bonds. The Kier molecular flexibility index (Phi) is 1.98. The third-order valence-electron chi connectivity index (χ3n) is 2.02. The highest BCUT2D eigenvalue weighted by Crippen LogP contribution is 2.25. The maximum Gasteiger partial charge on any atom is 0.111 e. The van der Waals surface area contributed by atoms with Gasteiger partial charge in [0.25, 0.3) is 0 Å². The number of H-pyrrole nitrogens is 1. The molecule has 3 nitrogen and oxygen atoms in total. The van der Waals surface area contributed by atoms with Gasteiger partial charge >= 0.3 is 0 Å². The second kappa shape index (κ2) is 3.01. The molecule has 1 heterocycles. The lowest BCUT2D eigenvalue weighted by molar-refractivity contribution is 0.779. The molecular weight excluding hydrogens is 186 g/mol. The van der Waals surface area contributed by atoms with Gasteiger partial charge in [0.2, 0.25) is 0 Å². The molecule has 1 aromatic heterocycles. The van der Waals surface area contributed by atoms with Crippen LogP contribution in [0, 0.1) is 0 Å². The van der Waals surface area contributed by atoms with Crippen molar-refractivity contribution < 1.29 is 0 Å². The summed E-state index contributed by atoms with van der Waals surface area (Å²) in [5.41, 5.74) is 7.48. The van der Waals surface area contributed by atoms with E-state index in [1.807, 2.05) is 25.1 Å². The van der Waals surface area contributed by atoms with E-state index >= 15 is 0 Å².